The topological polar surface area (TPSA) is 114 Å². The lowest BCUT2D eigenvalue weighted by Crippen LogP contribution is -2.59. The van der Waals surface area contributed by atoms with Crippen LogP contribution < -0.4 is 5.32 Å². The molecule has 1 aromatic rings. The lowest BCUT2D eigenvalue weighted by Gasteiger charge is -2.38. The van der Waals surface area contributed by atoms with Crippen LogP contribution in [0.25, 0.3) is 0 Å². The van der Waals surface area contributed by atoms with E-state index in [4.69, 9.17) is 14.2 Å². The molecule has 176 valence electrons. The van der Waals surface area contributed by atoms with E-state index in [1.807, 2.05) is 30.3 Å². The van der Waals surface area contributed by atoms with Crippen molar-refractivity contribution >= 4 is 17.8 Å². The van der Waals surface area contributed by atoms with Gasteiger partial charge in [-0.1, -0.05) is 30.3 Å². The van der Waals surface area contributed by atoms with E-state index in [1.165, 1.54) is 4.90 Å². The molecule has 0 aliphatic carbocycles. The van der Waals surface area contributed by atoms with Crippen LogP contribution >= 0.6 is 0 Å². The smallest absolute Gasteiger partial charge is 0.332 e. The highest BCUT2D eigenvalue weighted by atomic mass is 16.7. The normalized spacial score (nSPS) is 21.8. The van der Waals surface area contributed by atoms with Crippen molar-refractivity contribution in [2.45, 2.75) is 63.4 Å². The average Bonchev–Trinajstić information content (AvgIpc) is 3.15. The second kappa shape index (κ2) is 10.9. The van der Waals surface area contributed by atoms with E-state index in [-0.39, 0.29) is 19.6 Å². The van der Waals surface area contributed by atoms with Crippen LogP contribution in [-0.2, 0) is 35.0 Å². The molecular weight excluding hydrogens is 416 g/mol. The number of rotatable bonds is 9. The maximum Gasteiger partial charge on any atom is 0.332 e. The summed E-state index contributed by atoms with van der Waals surface area (Å²) in [5.41, 5.74) is 1.07. The van der Waals surface area contributed by atoms with Gasteiger partial charge in [-0.3, -0.25) is 14.9 Å². The summed E-state index contributed by atoms with van der Waals surface area (Å²) in [5.74, 6) is -3.33. The maximum absolute atomic E-state index is 13.2. The molecule has 1 spiro atoms. The van der Waals surface area contributed by atoms with Crippen molar-refractivity contribution in [2.24, 2.45) is 0 Å². The number of carboxylic acids is 1. The lowest BCUT2D eigenvalue weighted by molar-refractivity contribution is -0.274. The number of aliphatic carboxylic acids is 1. The first-order valence-electron chi connectivity index (χ1n) is 11.2. The molecule has 1 amide bonds. The van der Waals surface area contributed by atoms with Gasteiger partial charge in [-0.2, -0.15) is 0 Å². The highest BCUT2D eigenvalue weighted by Gasteiger charge is 2.57. The van der Waals surface area contributed by atoms with Crippen LogP contribution in [0.15, 0.2) is 30.3 Å². The number of esters is 1. The first-order valence-corrected chi connectivity index (χ1v) is 11.2. The molecule has 2 saturated heterocycles. The van der Waals surface area contributed by atoms with Gasteiger partial charge in [0.25, 0.3) is 0 Å². The fourth-order valence-electron chi connectivity index (χ4n) is 4.32. The van der Waals surface area contributed by atoms with Gasteiger partial charge in [0.2, 0.25) is 11.7 Å². The van der Waals surface area contributed by atoms with E-state index in [0.717, 1.165) is 5.56 Å². The zero-order valence-electron chi connectivity index (χ0n) is 18.6. The summed E-state index contributed by atoms with van der Waals surface area (Å²) in [6.07, 6.45) is 2.05. The predicted octanol–water partition coefficient (Wildman–Crippen LogP) is 1.35. The third kappa shape index (κ3) is 5.46. The van der Waals surface area contributed by atoms with Crippen molar-refractivity contribution in [3.8, 4) is 0 Å². The highest BCUT2D eigenvalue weighted by molar-refractivity contribution is 5.88. The van der Waals surface area contributed by atoms with Crippen molar-refractivity contribution in [1.82, 2.24) is 10.2 Å². The van der Waals surface area contributed by atoms with E-state index in [0.29, 0.717) is 32.5 Å². The minimum Gasteiger partial charge on any atom is -0.480 e. The number of carbonyl (C=O) groups excluding carboxylic acids is 2. The summed E-state index contributed by atoms with van der Waals surface area (Å²) in [6, 6.07) is 7.01. The van der Waals surface area contributed by atoms with Crippen molar-refractivity contribution in [3.63, 3.8) is 0 Å². The number of hydrogen-bond donors (Lipinski definition) is 2. The molecule has 0 saturated carbocycles. The van der Waals surface area contributed by atoms with Crippen LogP contribution in [0.1, 0.15) is 38.7 Å². The molecule has 2 heterocycles. The third-order valence-electron chi connectivity index (χ3n) is 5.89. The van der Waals surface area contributed by atoms with Gasteiger partial charge in [-0.05, 0) is 38.7 Å². The number of carboxylic acid groups (broad SMARTS) is 1. The molecular formula is C23H32N2O7. The Morgan fingerprint density at radius 2 is 1.94 bits per heavy atom. The minimum absolute atomic E-state index is 0.204. The predicted molar refractivity (Wildman–Crippen MR) is 115 cm³/mol. The van der Waals surface area contributed by atoms with Gasteiger partial charge in [0.05, 0.1) is 25.9 Å². The fourth-order valence-corrected chi connectivity index (χ4v) is 4.32. The Balaban J connectivity index is 1.69. The Morgan fingerprint density at radius 1 is 1.25 bits per heavy atom. The number of nitrogens with one attached hydrogen (secondary N) is 1. The molecule has 0 bridgehead atoms. The van der Waals surface area contributed by atoms with Gasteiger partial charge in [0.15, 0.2) is 6.04 Å². The van der Waals surface area contributed by atoms with Gasteiger partial charge < -0.3 is 24.2 Å². The number of likely N-dealkylation sites (tertiary alicyclic amines) is 1. The maximum atomic E-state index is 13.2. The van der Waals surface area contributed by atoms with Crippen molar-refractivity contribution < 1.29 is 33.7 Å². The van der Waals surface area contributed by atoms with E-state index in [9.17, 15) is 19.5 Å². The largest absolute Gasteiger partial charge is 0.480 e. The Bertz CT molecular complexity index is 795. The molecule has 0 aromatic heterocycles. The number of amides is 1. The fraction of sp³-hybridized carbons (Fsp3) is 0.609. The Labute approximate surface area is 188 Å². The summed E-state index contributed by atoms with van der Waals surface area (Å²) >= 11 is 0. The molecule has 9 heteroatoms. The number of aryl methyl sites for hydroxylation is 1. The summed E-state index contributed by atoms with van der Waals surface area (Å²) in [5, 5.41) is 12.9. The summed E-state index contributed by atoms with van der Waals surface area (Å²) in [4.78, 5) is 39.0. The molecule has 1 unspecified atom stereocenters. The zero-order valence-corrected chi connectivity index (χ0v) is 18.6. The molecule has 2 aliphatic rings. The van der Waals surface area contributed by atoms with Crippen LogP contribution in [0.3, 0.4) is 0 Å². The number of benzene rings is 1. The van der Waals surface area contributed by atoms with Crippen molar-refractivity contribution in [3.05, 3.63) is 35.9 Å². The quantitative estimate of drug-likeness (QED) is 0.544. The first kappa shape index (κ1) is 24.2. The molecule has 2 fully saturated rings. The minimum atomic E-state index is -1.31. The van der Waals surface area contributed by atoms with Gasteiger partial charge >= 0.3 is 11.9 Å². The lowest BCUT2D eigenvalue weighted by atomic mass is 10.0. The van der Waals surface area contributed by atoms with Gasteiger partial charge in [0.1, 0.15) is 6.04 Å². The van der Waals surface area contributed by atoms with E-state index in [1.54, 1.807) is 13.8 Å². The first-order chi connectivity index (χ1) is 15.4. The Kier molecular flexibility index (Phi) is 8.22. The summed E-state index contributed by atoms with van der Waals surface area (Å²) < 4.78 is 16.6. The zero-order chi connectivity index (χ0) is 23.1. The molecule has 1 aromatic carbocycles. The Hall–Kier alpha value is -2.49. The van der Waals surface area contributed by atoms with Gasteiger partial charge in [-0.25, -0.2) is 4.79 Å². The van der Waals surface area contributed by atoms with Crippen LogP contribution in [0.5, 0.6) is 0 Å². The molecule has 3 atom stereocenters. The monoisotopic (exact) mass is 448 g/mol. The van der Waals surface area contributed by atoms with E-state index in [2.05, 4.69) is 5.32 Å². The van der Waals surface area contributed by atoms with Gasteiger partial charge in [-0.15, -0.1) is 0 Å². The third-order valence-corrected chi connectivity index (χ3v) is 5.89. The standard InChI is InChI=1S/C23H32N2O7/c1-3-30-22(29)18(11-10-17-8-5-4-6-9-17)24-16(2)20(26)25-13-12-23(19(25)21(27)28)31-14-7-15-32-23/h4-6,8-9,16,18-19,24H,3,7,10-15H2,1-2H3,(H,27,28)/t16-,18?,19+/m0/s1. The molecule has 9 nitrogen and oxygen atoms in total. The second-order valence-corrected chi connectivity index (χ2v) is 8.10. The Morgan fingerprint density at radius 3 is 2.56 bits per heavy atom. The number of hydrogen-bond acceptors (Lipinski definition) is 7. The number of nitrogens with zero attached hydrogens (tertiary/aromatic N) is 1. The van der Waals surface area contributed by atoms with Gasteiger partial charge in [0, 0.05) is 13.0 Å². The van der Waals surface area contributed by atoms with E-state index < -0.39 is 41.8 Å². The van der Waals surface area contributed by atoms with Crippen molar-refractivity contribution in [1.29, 1.82) is 0 Å². The second-order valence-electron chi connectivity index (χ2n) is 8.10. The molecule has 0 radical (unpaired) electrons. The summed E-state index contributed by atoms with van der Waals surface area (Å²) in [6.45, 7) is 4.58. The van der Waals surface area contributed by atoms with Crippen LogP contribution in [0, 0.1) is 0 Å². The summed E-state index contributed by atoms with van der Waals surface area (Å²) in [7, 11) is 0. The van der Waals surface area contributed by atoms with Crippen molar-refractivity contribution in [2.75, 3.05) is 26.4 Å². The molecule has 2 aliphatic heterocycles. The number of carbonyl (C=O) groups is 3. The van der Waals surface area contributed by atoms with Crippen LogP contribution in [0.2, 0.25) is 0 Å². The molecule has 2 N–H and O–H groups in total. The molecule has 32 heavy (non-hydrogen) atoms. The highest BCUT2D eigenvalue weighted by Crippen LogP contribution is 2.36. The van der Waals surface area contributed by atoms with Crippen LogP contribution in [-0.4, -0.2) is 78.1 Å². The molecule has 3 rings (SSSR count). The average molecular weight is 449 g/mol. The SMILES string of the molecule is CCOC(=O)C(CCc1ccccc1)N[C@@H](C)C(=O)N1CCC2(OCCCO2)[C@H]1C(=O)O. The van der Waals surface area contributed by atoms with E-state index >= 15 is 0 Å². The van der Waals surface area contributed by atoms with Crippen LogP contribution in [0.4, 0.5) is 0 Å². The number of ether oxygens (including phenoxy) is 3.